The van der Waals surface area contributed by atoms with Crippen LogP contribution in [0.5, 0.6) is 0 Å². The zero-order valence-corrected chi connectivity index (χ0v) is 12.4. The maximum Gasteiger partial charge on any atom is 0.223 e. The van der Waals surface area contributed by atoms with Crippen molar-refractivity contribution in [3.05, 3.63) is 34.9 Å². The number of benzene rings is 1. The first-order chi connectivity index (χ1) is 9.70. The van der Waals surface area contributed by atoms with Gasteiger partial charge in [0.15, 0.2) is 0 Å². The zero-order chi connectivity index (χ0) is 14.0. The standard InChI is InChI=1S/C16H21ClN2O/c17-14-3-1-13(2-4-14)16(7-8-16)11-19-15(20)12-5-9-18-10-6-12/h1-4,12,18H,5-11H2,(H,19,20). The number of carbonyl (C=O) groups excluding carboxylic acids is 1. The van der Waals surface area contributed by atoms with E-state index >= 15 is 0 Å². The molecule has 0 spiro atoms. The molecule has 1 aliphatic carbocycles. The monoisotopic (exact) mass is 292 g/mol. The topological polar surface area (TPSA) is 41.1 Å². The van der Waals surface area contributed by atoms with Gasteiger partial charge >= 0.3 is 0 Å². The third-order valence-electron chi connectivity index (χ3n) is 4.62. The summed E-state index contributed by atoms with van der Waals surface area (Å²) in [5.74, 6) is 0.420. The van der Waals surface area contributed by atoms with Gasteiger partial charge in [-0.25, -0.2) is 0 Å². The van der Waals surface area contributed by atoms with Crippen LogP contribution in [0.4, 0.5) is 0 Å². The lowest BCUT2D eigenvalue weighted by Gasteiger charge is -2.23. The highest BCUT2D eigenvalue weighted by Crippen LogP contribution is 2.47. The van der Waals surface area contributed by atoms with Gasteiger partial charge in [0.1, 0.15) is 0 Å². The Kier molecular flexibility index (Phi) is 3.99. The molecule has 108 valence electrons. The van der Waals surface area contributed by atoms with Gasteiger partial charge in [-0.2, -0.15) is 0 Å². The molecule has 1 saturated carbocycles. The fourth-order valence-corrected chi connectivity index (χ4v) is 3.13. The van der Waals surface area contributed by atoms with Crippen LogP contribution in [0.15, 0.2) is 24.3 Å². The molecule has 0 bridgehead atoms. The summed E-state index contributed by atoms with van der Waals surface area (Å²) < 4.78 is 0. The molecule has 1 aromatic carbocycles. The largest absolute Gasteiger partial charge is 0.355 e. The summed E-state index contributed by atoms with van der Waals surface area (Å²) in [5.41, 5.74) is 1.46. The van der Waals surface area contributed by atoms with Crippen LogP contribution in [-0.4, -0.2) is 25.5 Å². The van der Waals surface area contributed by atoms with Crippen molar-refractivity contribution in [2.24, 2.45) is 5.92 Å². The van der Waals surface area contributed by atoms with Gasteiger partial charge in [-0.1, -0.05) is 23.7 Å². The second-order valence-electron chi connectivity index (χ2n) is 6.03. The quantitative estimate of drug-likeness (QED) is 0.895. The summed E-state index contributed by atoms with van der Waals surface area (Å²) in [4.78, 5) is 12.2. The summed E-state index contributed by atoms with van der Waals surface area (Å²) in [5, 5.41) is 7.23. The maximum absolute atomic E-state index is 12.2. The lowest BCUT2D eigenvalue weighted by atomic mass is 9.94. The fraction of sp³-hybridized carbons (Fsp3) is 0.562. The zero-order valence-electron chi connectivity index (χ0n) is 11.6. The lowest BCUT2D eigenvalue weighted by molar-refractivity contribution is -0.125. The molecule has 0 radical (unpaired) electrons. The molecule has 1 aliphatic heterocycles. The first-order valence-electron chi connectivity index (χ1n) is 7.44. The van der Waals surface area contributed by atoms with Crippen LogP contribution < -0.4 is 10.6 Å². The Labute approximate surface area is 125 Å². The van der Waals surface area contributed by atoms with E-state index in [1.807, 2.05) is 12.1 Å². The second kappa shape index (κ2) is 5.74. The normalized spacial score (nSPS) is 21.4. The molecule has 3 nitrogen and oxygen atoms in total. The van der Waals surface area contributed by atoms with Gasteiger partial charge in [-0.15, -0.1) is 0 Å². The van der Waals surface area contributed by atoms with E-state index in [1.54, 1.807) is 0 Å². The van der Waals surface area contributed by atoms with Gasteiger partial charge in [0.2, 0.25) is 5.91 Å². The molecule has 1 aromatic rings. The van der Waals surface area contributed by atoms with Crippen LogP contribution in [0.25, 0.3) is 0 Å². The molecule has 0 unspecified atom stereocenters. The Morgan fingerprint density at radius 3 is 2.50 bits per heavy atom. The minimum absolute atomic E-state index is 0.160. The van der Waals surface area contributed by atoms with Crippen LogP contribution in [0.3, 0.4) is 0 Å². The highest BCUT2D eigenvalue weighted by Gasteiger charge is 2.44. The summed E-state index contributed by atoms with van der Waals surface area (Å²) in [6.07, 6.45) is 4.22. The molecule has 0 atom stereocenters. The van der Waals surface area contributed by atoms with E-state index in [0.29, 0.717) is 0 Å². The summed E-state index contributed by atoms with van der Waals surface area (Å²) in [6.45, 7) is 2.68. The first-order valence-corrected chi connectivity index (χ1v) is 7.82. The molecule has 2 N–H and O–H groups in total. The van der Waals surface area contributed by atoms with E-state index in [1.165, 1.54) is 5.56 Å². The Hall–Kier alpha value is -1.06. The highest BCUT2D eigenvalue weighted by molar-refractivity contribution is 6.30. The van der Waals surface area contributed by atoms with Gasteiger partial charge in [0.05, 0.1) is 0 Å². The van der Waals surface area contributed by atoms with Crippen LogP contribution in [0, 0.1) is 5.92 Å². The predicted octanol–water partition coefficient (Wildman–Crippen LogP) is 2.49. The first kappa shape index (κ1) is 13.9. The molecule has 1 amide bonds. The highest BCUT2D eigenvalue weighted by atomic mass is 35.5. The third kappa shape index (κ3) is 2.99. The number of halogens is 1. The van der Waals surface area contributed by atoms with Crippen LogP contribution in [-0.2, 0) is 10.2 Å². The van der Waals surface area contributed by atoms with Crippen molar-refractivity contribution in [2.75, 3.05) is 19.6 Å². The molecule has 1 saturated heterocycles. The fourth-order valence-electron chi connectivity index (χ4n) is 3.01. The molecule has 4 heteroatoms. The van der Waals surface area contributed by atoms with Gasteiger partial charge < -0.3 is 10.6 Å². The minimum atomic E-state index is 0.160. The number of piperidine rings is 1. The summed E-state index contributed by atoms with van der Waals surface area (Å²) in [6, 6.07) is 8.05. The van der Waals surface area contributed by atoms with E-state index in [2.05, 4.69) is 22.8 Å². The van der Waals surface area contributed by atoms with Gasteiger partial charge in [0.25, 0.3) is 0 Å². The Morgan fingerprint density at radius 2 is 1.90 bits per heavy atom. The van der Waals surface area contributed by atoms with E-state index in [4.69, 9.17) is 11.6 Å². The number of nitrogens with one attached hydrogen (secondary N) is 2. The van der Waals surface area contributed by atoms with E-state index in [-0.39, 0.29) is 17.2 Å². The molecule has 1 heterocycles. The molecule has 3 rings (SSSR count). The van der Waals surface area contributed by atoms with Gasteiger partial charge in [-0.3, -0.25) is 4.79 Å². The molecule has 0 aromatic heterocycles. The molecular formula is C16H21ClN2O. The Morgan fingerprint density at radius 1 is 1.25 bits per heavy atom. The lowest BCUT2D eigenvalue weighted by Crippen LogP contribution is -2.40. The van der Waals surface area contributed by atoms with Gasteiger partial charge in [-0.05, 0) is 56.5 Å². The van der Waals surface area contributed by atoms with Crippen molar-refractivity contribution in [3.8, 4) is 0 Å². The van der Waals surface area contributed by atoms with Crippen LogP contribution >= 0.6 is 11.6 Å². The van der Waals surface area contributed by atoms with Crippen LogP contribution in [0.2, 0.25) is 5.02 Å². The number of hydrogen-bond donors (Lipinski definition) is 2. The predicted molar refractivity (Wildman–Crippen MR) is 81.0 cm³/mol. The summed E-state index contributed by atoms with van der Waals surface area (Å²) >= 11 is 5.94. The average Bonchev–Trinajstić information content (AvgIpc) is 3.27. The van der Waals surface area contributed by atoms with Crippen molar-refractivity contribution in [2.45, 2.75) is 31.1 Å². The average molecular weight is 293 g/mol. The Balaban J connectivity index is 1.57. The number of amides is 1. The van der Waals surface area contributed by atoms with Crippen molar-refractivity contribution in [1.29, 1.82) is 0 Å². The SMILES string of the molecule is O=C(NCC1(c2ccc(Cl)cc2)CC1)C1CCNCC1. The second-order valence-corrected chi connectivity index (χ2v) is 6.47. The van der Waals surface area contributed by atoms with E-state index < -0.39 is 0 Å². The van der Waals surface area contributed by atoms with Crippen molar-refractivity contribution < 1.29 is 4.79 Å². The minimum Gasteiger partial charge on any atom is -0.355 e. The number of carbonyl (C=O) groups is 1. The van der Waals surface area contributed by atoms with Crippen molar-refractivity contribution >= 4 is 17.5 Å². The molecule has 2 fully saturated rings. The maximum atomic E-state index is 12.2. The third-order valence-corrected chi connectivity index (χ3v) is 4.87. The smallest absolute Gasteiger partial charge is 0.223 e. The number of rotatable bonds is 4. The van der Waals surface area contributed by atoms with Crippen LogP contribution in [0.1, 0.15) is 31.2 Å². The van der Waals surface area contributed by atoms with E-state index in [0.717, 1.165) is 50.3 Å². The molecule has 2 aliphatic rings. The van der Waals surface area contributed by atoms with E-state index in [9.17, 15) is 4.79 Å². The van der Waals surface area contributed by atoms with Gasteiger partial charge in [0, 0.05) is 22.9 Å². The van der Waals surface area contributed by atoms with Crippen molar-refractivity contribution in [3.63, 3.8) is 0 Å². The summed E-state index contributed by atoms with van der Waals surface area (Å²) in [7, 11) is 0. The molecule has 20 heavy (non-hydrogen) atoms. The van der Waals surface area contributed by atoms with Crippen molar-refractivity contribution in [1.82, 2.24) is 10.6 Å². The number of hydrogen-bond acceptors (Lipinski definition) is 2. The Bertz CT molecular complexity index is 476. The molecular weight excluding hydrogens is 272 g/mol.